The molecule has 3 aromatic rings. The number of benzene rings is 2. The number of aryl methyl sites for hydroxylation is 1. The minimum absolute atomic E-state index is 0.0915. The van der Waals surface area contributed by atoms with Crippen LogP contribution >= 0.6 is 0 Å². The molecule has 1 heterocycles. The number of hydrogen-bond acceptors (Lipinski definition) is 5. The molecule has 2 aromatic carbocycles. The van der Waals surface area contributed by atoms with Crippen molar-refractivity contribution in [3.63, 3.8) is 0 Å². The summed E-state index contributed by atoms with van der Waals surface area (Å²) in [6.45, 7) is 1.59. The van der Waals surface area contributed by atoms with Crippen molar-refractivity contribution in [1.29, 1.82) is 0 Å². The summed E-state index contributed by atoms with van der Waals surface area (Å²) in [5.41, 5.74) is 4.27. The van der Waals surface area contributed by atoms with Crippen molar-refractivity contribution in [1.82, 2.24) is 15.1 Å². The molecular weight excluding hydrogens is 412 g/mol. The van der Waals surface area contributed by atoms with E-state index in [4.69, 9.17) is 4.74 Å². The second kappa shape index (κ2) is 8.54. The molecule has 0 radical (unpaired) electrons. The molecule has 2 amide bonds. The van der Waals surface area contributed by atoms with Crippen LogP contribution in [0.1, 0.15) is 34.3 Å². The lowest BCUT2D eigenvalue weighted by molar-refractivity contribution is -0.117. The predicted molar refractivity (Wildman–Crippen MR) is 116 cm³/mol. The maximum atomic E-state index is 12.4. The highest BCUT2D eigenvalue weighted by Gasteiger charge is 2.29. The minimum Gasteiger partial charge on any atom is -0.477 e. The van der Waals surface area contributed by atoms with Crippen molar-refractivity contribution in [3.8, 4) is 11.1 Å². The zero-order chi connectivity index (χ0) is 22.8. The third kappa shape index (κ3) is 4.04. The van der Waals surface area contributed by atoms with Crippen LogP contribution in [0.15, 0.2) is 54.7 Å². The van der Waals surface area contributed by atoms with Crippen LogP contribution in [0.25, 0.3) is 11.1 Å². The van der Waals surface area contributed by atoms with Crippen LogP contribution in [0.4, 0.5) is 10.6 Å². The fraction of sp³-hybridized carbons (Fsp3) is 0.217. The minimum atomic E-state index is -1.22. The quantitative estimate of drug-likeness (QED) is 0.548. The molecule has 0 spiro atoms. The smallest absolute Gasteiger partial charge is 0.407 e. The third-order valence-electron chi connectivity index (χ3n) is 5.37. The fourth-order valence-corrected chi connectivity index (χ4v) is 3.84. The van der Waals surface area contributed by atoms with E-state index in [2.05, 4.69) is 15.7 Å². The highest BCUT2D eigenvalue weighted by molar-refractivity contribution is 6.01. The summed E-state index contributed by atoms with van der Waals surface area (Å²) < 4.78 is 6.71. The van der Waals surface area contributed by atoms with Gasteiger partial charge < -0.3 is 20.5 Å². The molecule has 3 N–H and O–H groups in total. The lowest BCUT2D eigenvalue weighted by Gasteiger charge is -2.17. The van der Waals surface area contributed by atoms with Crippen LogP contribution in [0, 0.1) is 0 Å². The van der Waals surface area contributed by atoms with Gasteiger partial charge in [0.15, 0.2) is 5.82 Å². The van der Waals surface area contributed by atoms with Gasteiger partial charge in [-0.1, -0.05) is 48.5 Å². The highest BCUT2D eigenvalue weighted by Crippen LogP contribution is 2.44. The summed E-state index contributed by atoms with van der Waals surface area (Å²) in [4.78, 5) is 36.0. The van der Waals surface area contributed by atoms with Crippen molar-refractivity contribution >= 4 is 23.8 Å². The predicted octanol–water partition coefficient (Wildman–Crippen LogP) is 2.98. The van der Waals surface area contributed by atoms with E-state index in [0.29, 0.717) is 0 Å². The maximum Gasteiger partial charge on any atom is 0.407 e. The number of nitrogens with one attached hydrogen (secondary N) is 2. The number of nitrogens with zero attached hydrogens (tertiary/aromatic N) is 2. The highest BCUT2D eigenvalue weighted by atomic mass is 16.5. The number of aromatic nitrogens is 2. The number of ether oxygens (including phenoxy) is 1. The summed E-state index contributed by atoms with van der Waals surface area (Å²) in [5, 5.41) is 18.0. The molecule has 0 fully saturated rings. The number of hydrogen-bond donors (Lipinski definition) is 3. The number of amides is 2. The molecule has 0 saturated heterocycles. The van der Waals surface area contributed by atoms with Crippen molar-refractivity contribution in [2.24, 2.45) is 7.05 Å². The molecular formula is C23H22N4O5. The second-order valence-corrected chi connectivity index (χ2v) is 7.55. The van der Waals surface area contributed by atoms with E-state index in [0.717, 1.165) is 22.3 Å². The molecule has 9 heteroatoms. The Morgan fingerprint density at radius 1 is 1.09 bits per heavy atom. The number of carboxylic acids is 1. The van der Waals surface area contributed by atoms with Crippen LogP contribution in [0.3, 0.4) is 0 Å². The SMILES string of the molecule is C[C@@H](NC(=O)OCC1c2ccccc2-c2ccccc21)C(=O)Nc1nn(C)cc1C(=O)O. The molecule has 164 valence electrons. The van der Waals surface area contributed by atoms with Gasteiger partial charge in [0.25, 0.3) is 0 Å². The zero-order valence-corrected chi connectivity index (χ0v) is 17.5. The molecule has 0 bridgehead atoms. The summed E-state index contributed by atoms with van der Waals surface area (Å²) in [5.74, 6) is -2.01. The Morgan fingerprint density at radius 2 is 1.69 bits per heavy atom. The van der Waals surface area contributed by atoms with Crippen molar-refractivity contribution < 1.29 is 24.2 Å². The van der Waals surface area contributed by atoms with E-state index in [1.54, 1.807) is 7.05 Å². The molecule has 0 unspecified atom stereocenters. The van der Waals surface area contributed by atoms with Crippen molar-refractivity contribution in [2.75, 3.05) is 11.9 Å². The van der Waals surface area contributed by atoms with E-state index >= 15 is 0 Å². The number of carbonyl (C=O) groups excluding carboxylic acids is 2. The number of anilines is 1. The van der Waals surface area contributed by atoms with Gasteiger partial charge in [0.05, 0.1) is 0 Å². The first-order valence-corrected chi connectivity index (χ1v) is 10.0. The summed E-state index contributed by atoms with van der Waals surface area (Å²) in [6, 6.07) is 15.0. The molecule has 9 nitrogen and oxygen atoms in total. The standard InChI is InChI=1S/C23H22N4O5/c1-13(21(28)25-20-18(22(29)30)11-27(2)26-20)24-23(31)32-12-19-16-9-5-3-7-14(16)15-8-4-6-10-17(15)19/h3-11,13,19H,12H2,1-2H3,(H,24,31)(H,29,30)(H,25,26,28)/t13-/m1/s1. The van der Waals surface area contributed by atoms with Gasteiger partial charge in [-0.15, -0.1) is 0 Å². The van der Waals surface area contributed by atoms with Gasteiger partial charge in [0.1, 0.15) is 18.2 Å². The van der Waals surface area contributed by atoms with Gasteiger partial charge in [-0.2, -0.15) is 5.10 Å². The second-order valence-electron chi connectivity index (χ2n) is 7.55. The Balaban J connectivity index is 1.37. The maximum absolute atomic E-state index is 12.4. The van der Waals surface area contributed by atoms with Gasteiger partial charge in [0, 0.05) is 19.2 Å². The van der Waals surface area contributed by atoms with E-state index in [1.165, 1.54) is 17.8 Å². The monoisotopic (exact) mass is 434 g/mol. The number of carbonyl (C=O) groups is 3. The van der Waals surface area contributed by atoms with Crippen LogP contribution in [0.5, 0.6) is 0 Å². The van der Waals surface area contributed by atoms with Crippen LogP contribution in [-0.4, -0.2) is 45.5 Å². The lowest BCUT2D eigenvalue weighted by Crippen LogP contribution is -2.42. The Kier molecular flexibility index (Phi) is 5.63. The molecule has 1 aliphatic rings. The first-order valence-electron chi connectivity index (χ1n) is 10.0. The number of fused-ring (bicyclic) bond motifs is 3. The molecule has 0 saturated carbocycles. The van der Waals surface area contributed by atoms with E-state index in [1.807, 2.05) is 48.5 Å². The molecule has 32 heavy (non-hydrogen) atoms. The Morgan fingerprint density at radius 3 is 2.28 bits per heavy atom. The Hall–Kier alpha value is -4.14. The molecule has 1 atom stereocenters. The first kappa shape index (κ1) is 21.1. The molecule has 0 aliphatic heterocycles. The summed E-state index contributed by atoms with van der Waals surface area (Å²) in [7, 11) is 1.54. The van der Waals surface area contributed by atoms with E-state index < -0.39 is 24.0 Å². The van der Waals surface area contributed by atoms with Gasteiger partial charge in [-0.3, -0.25) is 9.48 Å². The average molecular weight is 434 g/mol. The van der Waals surface area contributed by atoms with Gasteiger partial charge >= 0.3 is 12.1 Å². The largest absolute Gasteiger partial charge is 0.477 e. The summed E-state index contributed by atoms with van der Waals surface area (Å²) >= 11 is 0. The summed E-state index contributed by atoms with van der Waals surface area (Å²) in [6.07, 6.45) is 0.538. The topological polar surface area (TPSA) is 123 Å². The van der Waals surface area contributed by atoms with Crippen LogP contribution < -0.4 is 10.6 Å². The molecule has 1 aliphatic carbocycles. The van der Waals surface area contributed by atoms with Crippen LogP contribution in [-0.2, 0) is 16.6 Å². The van der Waals surface area contributed by atoms with E-state index in [-0.39, 0.29) is 23.9 Å². The number of aromatic carboxylic acids is 1. The average Bonchev–Trinajstić information content (AvgIpc) is 3.30. The molecule has 1 aromatic heterocycles. The number of alkyl carbamates (subject to hydrolysis) is 1. The van der Waals surface area contributed by atoms with Gasteiger partial charge in [-0.25, -0.2) is 9.59 Å². The fourth-order valence-electron chi connectivity index (χ4n) is 3.84. The van der Waals surface area contributed by atoms with Gasteiger partial charge in [0.2, 0.25) is 5.91 Å². The third-order valence-corrected chi connectivity index (χ3v) is 5.37. The normalized spacial score (nSPS) is 13.1. The van der Waals surface area contributed by atoms with Crippen molar-refractivity contribution in [3.05, 3.63) is 71.4 Å². The Labute approximate surface area is 184 Å². The van der Waals surface area contributed by atoms with E-state index in [9.17, 15) is 19.5 Å². The number of carboxylic acid groups (broad SMARTS) is 1. The first-order chi connectivity index (χ1) is 15.3. The number of rotatable bonds is 6. The Bertz CT molecular complexity index is 1160. The zero-order valence-electron chi connectivity index (χ0n) is 17.5. The van der Waals surface area contributed by atoms with Gasteiger partial charge in [-0.05, 0) is 29.2 Å². The lowest BCUT2D eigenvalue weighted by atomic mass is 9.98. The van der Waals surface area contributed by atoms with Crippen molar-refractivity contribution in [2.45, 2.75) is 18.9 Å². The van der Waals surface area contributed by atoms with Crippen LogP contribution in [0.2, 0.25) is 0 Å². The molecule has 4 rings (SSSR count).